The highest BCUT2D eigenvalue weighted by molar-refractivity contribution is 7.89. The predicted molar refractivity (Wildman–Crippen MR) is 139 cm³/mol. The van der Waals surface area contributed by atoms with Gasteiger partial charge in [-0.25, -0.2) is 8.42 Å². The van der Waals surface area contributed by atoms with Crippen molar-refractivity contribution in [1.29, 1.82) is 0 Å². The number of aryl methyl sites for hydroxylation is 1. The Morgan fingerprint density at radius 2 is 1.53 bits per heavy atom. The minimum atomic E-state index is -3.60. The number of piperidine rings is 1. The smallest absolute Gasteiger partial charge is 0.244 e. The maximum atomic E-state index is 13.2. The summed E-state index contributed by atoms with van der Waals surface area (Å²) in [5, 5.41) is 1.56. The molecule has 4 nitrogen and oxygen atoms in total. The second kappa shape index (κ2) is 9.21. The summed E-state index contributed by atoms with van der Waals surface area (Å²) in [5.74, 6) is 0.320. The number of para-hydroxylation sites is 1. The van der Waals surface area contributed by atoms with Crippen LogP contribution in [-0.4, -0.2) is 30.4 Å². The zero-order chi connectivity index (χ0) is 23.9. The molecule has 0 saturated carbocycles. The van der Waals surface area contributed by atoms with Gasteiger partial charge in [-0.05, 0) is 67.5 Å². The van der Waals surface area contributed by atoms with Gasteiger partial charge in [0.25, 0.3) is 0 Å². The molecule has 0 atom stereocenters. The summed E-state index contributed by atoms with van der Waals surface area (Å²) in [7, 11) is -3.60. The molecule has 1 aliphatic rings. The molecule has 34 heavy (non-hydrogen) atoms. The van der Waals surface area contributed by atoms with Crippen molar-refractivity contribution >= 4 is 32.5 Å². The van der Waals surface area contributed by atoms with E-state index < -0.39 is 10.0 Å². The molecule has 1 aromatic heterocycles. The number of aromatic nitrogens is 1. The van der Waals surface area contributed by atoms with E-state index in [0.717, 1.165) is 19.4 Å². The zero-order valence-corrected chi connectivity index (χ0v) is 21.1. The Morgan fingerprint density at radius 3 is 2.26 bits per heavy atom. The van der Waals surface area contributed by atoms with Gasteiger partial charge >= 0.3 is 0 Å². The Balaban J connectivity index is 1.45. The first kappa shape index (κ1) is 23.2. The monoisotopic (exact) mass is 492 g/mol. The van der Waals surface area contributed by atoms with E-state index in [-0.39, 0.29) is 9.92 Å². The van der Waals surface area contributed by atoms with Crippen LogP contribution in [0.15, 0.2) is 77.7 Å². The minimum absolute atomic E-state index is 0.195. The van der Waals surface area contributed by atoms with Crippen LogP contribution >= 0.6 is 11.6 Å². The fourth-order valence-corrected chi connectivity index (χ4v) is 7.28. The van der Waals surface area contributed by atoms with E-state index in [9.17, 15) is 8.42 Å². The van der Waals surface area contributed by atoms with Crippen LogP contribution in [0.5, 0.6) is 0 Å². The molecule has 0 bridgehead atoms. The molecule has 5 rings (SSSR count). The molecule has 1 aliphatic heterocycles. The molecule has 6 heteroatoms. The van der Waals surface area contributed by atoms with Crippen molar-refractivity contribution in [2.45, 2.75) is 44.0 Å². The van der Waals surface area contributed by atoms with Crippen molar-refractivity contribution in [2.75, 3.05) is 13.1 Å². The van der Waals surface area contributed by atoms with Crippen LogP contribution in [0.25, 0.3) is 10.9 Å². The lowest BCUT2D eigenvalue weighted by Crippen LogP contribution is -2.38. The average Bonchev–Trinajstić information content (AvgIpc) is 3.12. The number of halogens is 1. The van der Waals surface area contributed by atoms with Gasteiger partial charge in [0.15, 0.2) is 0 Å². The first-order chi connectivity index (χ1) is 16.4. The molecule has 1 saturated heterocycles. The number of rotatable bonds is 5. The van der Waals surface area contributed by atoms with E-state index in [1.165, 1.54) is 33.3 Å². The fourth-order valence-electron chi connectivity index (χ4n) is 5.31. The first-order valence-electron chi connectivity index (χ1n) is 11.7. The van der Waals surface area contributed by atoms with Gasteiger partial charge in [0, 0.05) is 36.2 Å². The summed E-state index contributed by atoms with van der Waals surface area (Å²) in [5.41, 5.74) is 6.48. The predicted octanol–water partition coefficient (Wildman–Crippen LogP) is 6.53. The molecule has 0 aliphatic carbocycles. The Morgan fingerprint density at radius 1 is 0.882 bits per heavy atom. The molecule has 0 unspecified atom stereocenters. The highest BCUT2D eigenvalue weighted by Crippen LogP contribution is 2.39. The molecule has 0 spiro atoms. The van der Waals surface area contributed by atoms with Crippen molar-refractivity contribution in [3.63, 3.8) is 0 Å². The summed E-state index contributed by atoms with van der Waals surface area (Å²) < 4.78 is 30.4. The molecule has 0 amide bonds. The van der Waals surface area contributed by atoms with Crippen LogP contribution in [0.2, 0.25) is 5.02 Å². The van der Waals surface area contributed by atoms with Crippen LogP contribution in [0.3, 0.4) is 0 Å². The number of nitrogens with zero attached hydrogens (tertiary/aromatic N) is 2. The van der Waals surface area contributed by atoms with Gasteiger partial charge in [-0.15, -0.1) is 0 Å². The fraction of sp³-hybridized carbons (Fsp3) is 0.286. The number of benzene rings is 3. The van der Waals surface area contributed by atoms with Crippen molar-refractivity contribution in [2.24, 2.45) is 0 Å². The number of hydrogen-bond acceptors (Lipinski definition) is 2. The molecule has 4 aromatic rings. The molecule has 3 aromatic carbocycles. The second-order valence-electron chi connectivity index (χ2n) is 9.14. The van der Waals surface area contributed by atoms with Crippen LogP contribution in [0.1, 0.15) is 41.1 Å². The Labute approximate surface area is 206 Å². The summed E-state index contributed by atoms with van der Waals surface area (Å²) in [6, 6.07) is 23.8. The third-order valence-electron chi connectivity index (χ3n) is 7.19. The van der Waals surface area contributed by atoms with Crippen molar-refractivity contribution in [3.8, 4) is 0 Å². The first-order valence-corrected chi connectivity index (χ1v) is 13.6. The lowest BCUT2D eigenvalue weighted by molar-refractivity contribution is 0.319. The third-order valence-corrected chi connectivity index (χ3v) is 9.58. The van der Waals surface area contributed by atoms with E-state index in [1.54, 1.807) is 28.6 Å². The van der Waals surface area contributed by atoms with Crippen LogP contribution < -0.4 is 0 Å². The molecular weight excluding hydrogens is 464 g/mol. The molecule has 0 radical (unpaired) electrons. The topological polar surface area (TPSA) is 42.3 Å². The SMILES string of the molecule is Cc1ccccc1Cn1c(C)c(C2CCN(S(=O)(=O)c3ccccc3Cl)CC2)c2ccccc21. The van der Waals surface area contributed by atoms with Crippen molar-refractivity contribution in [3.05, 3.63) is 100 Å². The van der Waals surface area contributed by atoms with Gasteiger partial charge in [0.05, 0.1) is 5.02 Å². The average molecular weight is 493 g/mol. The summed E-state index contributed by atoms with van der Waals surface area (Å²) in [6.45, 7) is 6.19. The van der Waals surface area contributed by atoms with E-state index in [1.807, 2.05) is 0 Å². The number of hydrogen-bond donors (Lipinski definition) is 0. The minimum Gasteiger partial charge on any atom is -0.340 e. The van der Waals surface area contributed by atoms with E-state index >= 15 is 0 Å². The quantitative estimate of drug-likeness (QED) is 0.318. The number of fused-ring (bicyclic) bond motifs is 1. The Kier molecular flexibility index (Phi) is 6.28. The largest absolute Gasteiger partial charge is 0.340 e. The Bertz CT molecular complexity index is 1450. The van der Waals surface area contributed by atoms with Gasteiger partial charge in [-0.1, -0.05) is 66.2 Å². The van der Waals surface area contributed by atoms with E-state index in [4.69, 9.17) is 11.6 Å². The highest BCUT2D eigenvalue weighted by Gasteiger charge is 2.33. The normalized spacial score (nSPS) is 15.7. The number of sulfonamides is 1. The van der Waals surface area contributed by atoms with E-state index in [2.05, 4.69) is 66.9 Å². The van der Waals surface area contributed by atoms with Crippen LogP contribution in [-0.2, 0) is 16.6 Å². The molecule has 1 fully saturated rings. The molecule has 2 heterocycles. The molecule has 176 valence electrons. The van der Waals surface area contributed by atoms with Gasteiger partial charge in [-0.3, -0.25) is 0 Å². The Hall–Kier alpha value is -2.60. The van der Waals surface area contributed by atoms with Crippen LogP contribution in [0.4, 0.5) is 0 Å². The maximum absolute atomic E-state index is 13.2. The molecular formula is C28H29ClN2O2S. The van der Waals surface area contributed by atoms with Crippen molar-refractivity contribution < 1.29 is 8.42 Å². The summed E-state index contributed by atoms with van der Waals surface area (Å²) in [6.07, 6.45) is 1.59. The van der Waals surface area contributed by atoms with E-state index in [0.29, 0.717) is 19.0 Å². The lowest BCUT2D eigenvalue weighted by Gasteiger charge is -2.32. The maximum Gasteiger partial charge on any atom is 0.244 e. The van der Waals surface area contributed by atoms with Crippen LogP contribution in [0, 0.1) is 13.8 Å². The molecule has 0 N–H and O–H groups in total. The highest BCUT2D eigenvalue weighted by atomic mass is 35.5. The van der Waals surface area contributed by atoms with Gasteiger partial charge in [-0.2, -0.15) is 4.31 Å². The van der Waals surface area contributed by atoms with Crippen molar-refractivity contribution in [1.82, 2.24) is 8.87 Å². The van der Waals surface area contributed by atoms with Gasteiger partial charge in [0.2, 0.25) is 10.0 Å². The second-order valence-corrected chi connectivity index (χ2v) is 11.5. The standard InChI is InChI=1S/C28H29ClN2O2S/c1-20-9-3-4-10-23(20)19-31-21(2)28(24-11-5-7-13-26(24)31)22-15-17-30(18-16-22)34(32,33)27-14-8-6-12-25(27)29/h3-14,22H,15-19H2,1-2H3. The zero-order valence-electron chi connectivity index (χ0n) is 19.5. The summed E-state index contributed by atoms with van der Waals surface area (Å²) >= 11 is 6.21. The third kappa shape index (κ3) is 4.06. The van der Waals surface area contributed by atoms with Gasteiger partial charge < -0.3 is 4.57 Å². The van der Waals surface area contributed by atoms with Gasteiger partial charge in [0.1, 0.15) is 4.90 Å². The summed E-state index contributed by atoms with van der Waals surface area (Å²) in [4.78, 5) is 0.195. The lowest BCUT2D eigenvalue weighted by atomic mass is 9.88.